The Balaban J connectivity index is 0. The molecular weight excluding hydrogens is 228 g/mol. The van der Waals surface area contributed by atoms with E-state index in [0.29, 0.717) is 0 Å². The van der Waals surface area contributed by atoms with Crippen LogP contribution in [-0.4, -0.2) is 0 Å². The van der Waals surface area contributed by atoms with E-state index in [4.69, 9.17) is 0 Å². The summed E-state index contributed by atoms with van der Waals surface area (Å²) in [7, 11) is 0. The quantitative estimate of drug-likeness (QED) is 0.540. The smallest absolute Gasteiger partial charge is 0 e. The van der Waals surface area contributed by atoms with Gasteiger partial charge in [0, 0.05) is 45.7 Å². The fourth-order valence-corrected chi connectivity index (χ4v) is 0. The molecule has 0 aromatic carbocycles. The van der Waals surface area contributed by atoms with Gasteiger partial charge in [-0.1, -0.05) is 0 Å². The van der Waals surface area contributed by atoms with Crippen molar-refractivity contribution in [3.05, 3.63) is 0 Å². The molecule has 0 fully saturated rings. The monoisotopic (exact) mass is 226 g/mol. The zero-order chi connectivity index (χ0) is 0. The molecule has 22 valence electrons. The van der Waals surface area contributed by atoms with E-state index in [-0.39, 0.29) is 70.5 Å². The van der Waals surface area contributed by atoms with Crippen molar-refractivity contribution >= 4 is 24.8 Å². The maximum Gasteiger partial charge on any atom is 0 e. The summed E-state index contributed by atoms with van der Waals surface area (Å²) in [4.78, 5) is 0. The molecule has 0 nitrogen and oxygen atoms in total. The normalized spacial score (nSPS) is 0. The molecule has 0 aliphatic heterocycles. The SMILES string of the molecule is Cl.Cl.[Zn].[Zr]. The van der Waals surface area contributed by atoms with Crippen molar-refractivity contribution in [2.24, 2.45) is 0 Å². The number of hydrogen-bond donors (Lipinski definition) is 0. The Hall–Kier alpha value is 2.09. The van der Waals surface area contributed by atoms with Crippen molar-refractivity contribution in [3.8, 4) is 0 Å². The molecule has 0 bridgehead atoms. The molecule has 4 heteroatoms. The summed E-state index contributed by atoms with van der Waals surface area (Å²) in [6.45, 7) is 0. The van der Waals surface area contributed by atoms with E-state index in [1.165, 1.54) is 0 Å². The molecular formula is H2Cl2ZnZr. The van der Waals surface area contributed by atoms with Gasteiger partial charge in [-0.3, -0.25) is 0 Å². The molecule has 0 saturated carbocycles. The van der Waals surface area contributed by atoms with E-state index >= 15 is 0 Å². The summed E-state index contributed by atoms with van der Waals surface area (Å²) in [6, 6.07) is 0. The van der Waals surface area contributed by atoms with Crippen LogP contribution in [0.4, 0.5) is 0 Å². The van der Waals surface area contributed by atoms with Gasteiger partial charge >= 0.3 is 0 Å². The maximum atomic E-state index is 0. The second-order valence-electron chi connectivity index (χ2n) is 0. The van der Waals surface area contributed by atoms with Crippen molar-refractivity contribution in [1.82, 2.24) is 0 Å². The molecule has 0 unspecified atom stereocenters. The summed E-state index contributed by atoms with van der Waals surface area (Å²) in [5.41, 5.74) is 0. The van der Waals surface area contributed by atoms with Crippen LogP contribution < -0.4 is 0 Å². The van der Waals surface area contributed by atoms with Gasteiger partial charge < -0.3 is 0 Å². The fraction of sp³-hybridized carbons (Fsp3) is 0. The van der Waals surface area contributed by atoms with Gasteiger partial charge in [0.05, 0.1) is 0 Å². The third-order valence-electron chi connectivity index (χ3n) is 0. The summed E-state index contributed by atoms with van der Waals surface area (Å²) in [5, 5.41) is 0. The van der Waals surface area contributed by atoms with Gasteiger partial charge in [-0.15, -0.1) is 24.8 Å². The van der Waals surface area contributed by atoms with E-state index in [0.717, 1.165) is 0 Å². The minimum absolute atomic E-state index is 0. The van der Waals surface area contributed by atoms with Crippen LogP contribution in [0.1, 0.15) is 0 Å². The molecule has 0 aromatic rings. The first-order valence-corrected chi connectivity index (χ1v) is 0. The molecule has 0 aromatic heterocycles. The second-order valence-corrected chi connectivity index (χ2v) is 0. The van der Waals surface area contributed by atoms with Gasteiger partial charge in [-0.25, -0.2) is 0 Å². The maximum absolute atomic E-state index is 0. The Labute approximate surface area is 69.8 Å². The van der Waals surface area contributed by atoms with Crippen LogP contribution in [0.5, 0.6) is 0 Å². The zero-order valence-corrected chi connectivity index (χ0v) is 9.08. The molecule has 0 aliphatic carbocycles. The van der Waals surface area contributed by atoms with Crippen LogP contribution in [0, 0.1) is 0 Å². The first-order valence-electron chi connectivity index (χ1n) is 0. The van der Waals surface area contributed by atoms with Gasteiger partial charge in [0.15, 0.2) is 0 Å². The van der Waals surface area contributed by atoms with Crippen molar-refractivity contribution in [2.45, 2.75) is 0 Å². The van der Waals surface area contributed by atoms with Crippen molar-refractivity contribution in [2.75, 3.05) is 0 Å². The number of halogens is 2. The minimum atomic E-state index is 0. The van der Waals surface area contributed by atoms with E-state index < -0.39 is 0 Å². The van der Waals surface area contributed by atoms with Crippen molar-refractivity contribution < 1.29 is 45.7 Å². The summed E-state index contributed by atoms with van der Waals surface area (Å²) in [6.07, 6.45) is 0. The second kappa shape index (κ2) is 19.5. The van der Waals surface area contributed by atoms with Crippen LogP contribution in [0.15, 0.2) is 0 Å². The molecule has 0 rings (SSSR count). The van der Waals surface area contributed by atoms with Gasteiger partial charge in [0.25, 0.3) is 0 Å². The van der Waals surface area contributed by atoms with Gasteiger partial charge in [-0.2, -0.15) is 0 Å². The minimum Gasteiger partial charge on any atom is -0.147 e. The van der Waals surface area contributed by atoms with E-state index in [1.54, 1.807) is 0 Å². The molecule has 0 atom stereocenters. The van der Waals surface area contributed by atoms with Gasteiger partial charge in [0.1, 0.15) is 0 Å². The van der Waals surface area contributed by atoms with E-state index in [9.17, 15) is 0 Å². The van der Waals surface area contributed by atoms with Crippen molar-refractivity contribution in [1.29, 1.82) is 0 Å². The summed E-state index contributed by atoms with van der Waals surface area (Å²) < 4.78 is 0. The van der Waals surface area contributed by atoms with Crippen LogP contribution in [0.25, 0.3) is 0 Å². The molecule has 4 heavy (non-hydrogen) atoms. The van der Waals surface area contributed by atoms with E-state index in [2.05, 4.69) is 0 Å². The zero-order valence-electron chi connectivity index (χ0n) is 2.02. The molecule has 0 spiro atoms. The number of rotatable bonds is 0. The predicted octanol–water partition coefficient (Wildman–Crippen LogP) is 0.839. The van der Waals surface area contributed by atoms with E-state index in [1.807, 2.05) is 0 Å². The van der Waals surface area contributed by atoms with Crippen molar-refractivity contribution in [3.63, 3.8) is 0 Å². The largest absolute Gasteiger partial charge is 0.147 e. The van der Waals surface area contributed by atoms with Crippen LogP contribution >= 0.6 is 24.8 Å². The Kier molecular flexibility index (Phi) is 176. The third-order valence-corrected chi connectivity index (χ3v) is 0. The van der Waals surface area contributed by atoms with Crippen LogP contribution in [0.2, 0.25) is 0 Å². The molecule has 0 N–H and O–H groups in total. The Morgan fingerprint density at radius 2 is 0.750 bits per heavy atom. The Morgan fingerprint density at radius 3 is 0.750 bits per heavy atom. The molecule has 0 amide bonds. The molecule has 0 heterocycles. The molecule has 0 aliphatic rings. The average Bonchev–Trinajstić information content (AvgIpc) is 0. The van der Waals surface area contributed by atoms with Crippen LogP contribution in [0.3, 0.4) is 0 Å². The topological polar surface area (TPSA) is 0 Å². The fourth-order valence-electron chi connectivity index (χ4n) is 0. The number of hydrogen-bond acceptors (Lipinski definition) is 0. The van der Waals surface area contributed by atoms with Gasteiger partial charge in [-0.05, 0) is 0 Å². The summed E-state index contributed by atoms with van der Waals surface area (Å²) in [5.74, 6) is 0. The molecule has 0 saturated heterocycles. The first-order chi connectivity index (χ1) is 0. The van der Waals surface area contributed by atoms with Crippen LogP contribution in [-0.2, 0) is 45.7 Å². The standard InChI is InChI=1S/2ClH.Zn.Zr/h2*1H;;. The Bertz CT molecular complexity index is 6.00. The third kappa shape index (κ3) is 8.94. The Morgan fingerprint density at radius 1 is 0.750 bits per heavy atom. The average molecular weight is 230 g/mol. The van der Waals surface area contributed by atoms with Gasteiger partial charge in [0.2, 0.25) is 0 Å². The predicted molar refractivity (Wildman–Crippen MR) is 14.5 cm³/mol. The molecule has 0 radical (unpaired) electrons. The first kappa shape index (κ1) is 36.2. The summed E-state index contributed by atoms with van der Waals surface area (Å²) >= 11 is 0.